The third kappa shape index (κ3) is 3.74. The van der Waals surface area contributed by atoms with E-state index in [-0.39, 0.29) is 0 Å². The lowest BCUT2D eigenvalue weighted by molar-refractivity contribution is 0.491. The van der Waals surface area contributed by atoms with Crippen molar-refractivity contribution >= 4 is 38.9 Å². The molecule has 1 nitrogen and oxygen atoms in total. The van der Waals surface area contributed by atoms with Gasteiger partial charge in [-0.1, -0.05) is 0 Å². The molecule has 2 atom stereocenters. The van der Waals surface area contributed by atoms with Gasteiger partial charge in [-0.3, -0.25) is 0 Å². The summed E-state index contributed by atoms with van der Waals surface area (Å²) in [5.74, 6) is 0.788. The summed E-state index contributed by atoms with van der Waals surface area (Å²) in [6.07, 6.45) is 3.66. The Hall–Kier alpha value is 0.430. The van der Waals surface area contributed by atoms with Crippen LogP contribution in [0.5, 0.6) is 0 Å². The van der Waals surface area contributed by atoms with Crippen molar-refractivity contribution in [2.45, 2.75) is 31.2 Å². The van der Waals surface area contributed by atoms with E-state index in [0.717, 1.165) is 19.0 Å². The van der Waals surface area contributed by atoms with Gasteiger partial charge in [0.05, 0.1) is 3.79 Å². The predicted molar refractivity (Wildman–Crippen MR) is 70.7 cm³/mol. The normalized spacial score (nSPS) is 26.0. The molecule has 0 radical (unpaired) electrons. The van der Waals surface area contributed by atoms with E-state index >= 15 is 0 Å². The van der Waals surface area contributed by atoms with Gasteiger partial charge in [-0.05, 0) is 59.8 Å². The number of rotatable bonds is 4. The minimum Gasteiger partial charge on any atom is -0.312 e. The van der Waals surface area contributed by atoms with Crippen molar-refractivity contribution in [1.29, 1.82) is 0 Å². The van der Waals surface area contributed by atoms with Crippen LogP contribution < -0.4 is 5.32 Å². The second-order valence-corrected chi connectivity index (χ2v) is 7.28. The summed E-state index contributed by atoms with van der Waals surface area (Å²) < 4.78 is 1.21. The maximum absolute atomic E-state index is 6.07. The van der Waals surface area contributed by atoms with Gasteiger partial charge in [0.15, 0.2) is 0 Å². The Morgan fingerprint density at radius 1 is 1.47 bits per heavy atom. The van der Waals surface area contributed by atoms with Gasteiger partial charge < -0.3 is 5.32 Å². The molecule has 1 fully saturated rings. The molecule has 0 amide bonds. The fourth-order valence-corrected chi connectivity index (χ4v) is 3.88. The van der Waals surface area contributed by atoms with Crippen molar-refractivity contribution in [3.8, 4) is 0 Å². The van der Waals surface area contributed by atoms with Crippen LogP contribution in [0, 0.1) is 5.92 Å². The minimum atomic E-state index is 0.424. The van der Waals surface area contributed by atoms with Crippen molar-refractivity contribution in [3.63, 3.8) is 0 Å². The van der Waals surface area contributed by atoms with Crippen LogP contribution in [-0.4, -0.2) is 11.9 Å². The summed E-state index contributed by atoms with van der Waals surface area (Å²) in [5.41, 5.74) is 0. The molecule has 4 heteroatoms. The number of hydrogen-bond acceptors (Lipinski definition) is 2. The highest BCUT2D eigenvalue weighted by molar-refractivity contribution is 9.11. The Bertz CT molecular complexity index is 315. The number of nitrogens with one attached hydrogen (secondary N) is 1. The van der Waals surface area contributed by atoms with Crippen molar-refractivity contribution < 1.29 is 0 Å². The van der Waals surface area contributed by atoms with Crippen molar-refractivity contribution in [2.75, 3.05) is 6.54 Å². The maximum atomic E-state index is 6.07. The first-order valence-electron chi connectivity index (χ1n) is 5.33. The molecule has 1 aromatic heterocycles. The summed E-state index contributed by atoms with van der Waals surface area (Å²) in [6.45, 7) is 2.10. The molecular formula is C11H15BrClNS. The van der Waals surface area contributed by atoms with Gasteiger partial charge in [-0.2, -0.15) is 0 Å². The van der Waals surface area contributed by atoms with E-state index in [1.807, 2.05) is 0 Å². The predicted octanol–water partition coefficient (Wildman–Crippen LogP) is 4.01. The van der Waals surface area contributed by atoms with Gasteiger partial charge in [0, 0.05) is 16.8 Å². The average Bonchev–Trinajstić information content (AvgIpc) is 2.76. The van der Waals surface area contributed by atoms with E-state index in [9.17, 15) is 0 Å². The van der Waals surface area contributed by atoms with E-state index in [4.69, 9.17) is 11.6 Å². The molecule has 1 aliphatic rings. The standard InChI is InChI=1S/C11H15BrClNS/c12-11-4-3-10(15-11)7-14-6-8-1-2-9(13)5-8/h3-4,8-9,14H,1-2,5-7H2. The molecule has 2 rings (SSSR count). The SMILES string of the molecule is ClC1CCC(CNCc2ccc(Br)s2)C1. The molecule has 2 unspecified atom stereocenters. The Balaban J connectivity index is 1.67. The molecule has 0 bridgehead atoms. The van der Waals surface area contributed by atoms with Gasteiger partial charge >= 0.3 is 0 Å². The lowest BCUT2D eigenvalue weighted by atomic mass is 10.1. The van der Waals surface area contributed by atoms with Gasteiger partial charge in [0.25, 0.3) is 0 Å². The molecule has 1 saturated carbocycles. The molecule has 0 spiro atoms. The third-order valence-corrected chi connectivity index (χ3v) is 4.86. The first-order valence-corrected chi connectivity index (χ1v) is 7.37. The van der Waals surface area contributed by atoms with E-state index in [2.05, 4.69) is 33.4 Å². The summed E-state index contributed by atoms with van der Waals surface area (Å²) >= 11 is 11.3. The molecule has 0 aromatic carbocycles. The van der Waals surface area contributed by atoms with Crippen LogP contribution in [0.1, 0.15) is 24.1 Å². The first kappa shape index (κ1) is 11.9. The van der Waals surface area contributed by atoms with Crippen molar-refractivity contribution in [2.24, 2.45) is 5.92 Å². The summed E-state index contributed by atoms with van der Waals surface area (Å²) in [5, 5.41) is 3.93. The molecule has 1 aromatic rings. The molecule has 15 heavy (non-hydrogen) atoms. The molecular weight excluding hydrogens is 294 g/mol. The van der Waals surface area contributed by atoms with Gasteiger partial charge in [0.2, 0.25) is 0 Å². The summed E-state index contributed by atoms with van der Waals surface area (Å²) in [6, 6.07) is 4.27. The van der Waals surface area contributed by atoms with E-state index in [1.54, 1.807) is 11.3 Å². The zero-order valence-corrected chi connectivity index (χ0v) is 11.7. The van der Waals surface area contributed by atoms with Crippen LogP contribution in [0.4, 0.5) is 0 Å². The van der Waals surface area contributed by atoms with Crippen LogP contribution in [0.2, 0.25) is 0 Å². The maximum Gasteiger partial charge on any atom is 0.0701 e. The summed E-state index contributed by atoms with van der Waals surface area (Å²) in [7, 11) is 0. The van der Waals surface area contributed by atoms with Crippen molar-refractivity contribution in [3.05, 3.63) is 20.8 Å². The van der Waals surface area contributed by atoms with Crippen LogP contribution in [-0.2, 0) is 6.54 Å². The van der Waals surface area contributed by atoms with Gasteiger partial charge in [0.1, 0.15) is 0 Å². The first-order chi connectivity index (χ1) is 7.24. The Morgan fingerprint density at radius 3 is 2.93 bits per heavy atom. The highest BCUT2D eigenvalue weighted by atomic mass is 79.9. The van der Waals surface area contributed by atoms with E-state index in [0.29, 0.717) is 5.38 Å². The Labute approximate surface area is 108 Å². The largest absolute Gasteiger partial charge is 0.312 e. The monoisotopic (exact) mass is 307 g/mol. The quantitative estimate of drug-likeness (QED) is 0.829. The van der Waals surface area contributed by atoms with Gasteiger partial charge in [-0.25, -0.2) is 0 Å². The Morgan fingerprint density at radius 2 is 2.33 bits per heavy atom. The second-order valence-electron chi connectivity index (χ2n) is 4.11. The van der Waals surface area contributed by atoms with E-state index in [1.165, 1.54) is 27.9 Å². The molecule has 1 aliphatic carbocycles. The highest BCUT2D eigenvalue weighted by Crippen LogP contribution is 2.29. The zero-order valence-electron chi connectivity index (χ0n) is 8.51. The minimum absolute atomic E-state index is 0.424. The van der Waals surface area contributed by atoms with Crippen LogP contribution in [0.3, 0.4) is 0 Å². The van der Waals surface area contributed by atoms with Crippen LogP contribution in [0.25, 0.3) is 0 Å². The van der Waals surface area contributed by atoms with Crippen LogP contribution in [0.15, 0.2) is 15.9 Å². The lowest BCUT2D eigenvalue weighted by Crippen LogP contribution is -2.20. The fraction of sp³-hybridized carbons (Fsp3) is 0.636. The second kappa shape index (κ2) is 5.67. The molecule has 0 saturated heterocycles. The molecule has 1 N–H and O–H groups in total. The molecule has 1 heterocycles. The molecule has 0 aliphatic heterocycles. The number of halogens is 2. The zero-order chi connectivity index (χ0) is 10.7. The number of hydrogen-bond donors (Lipinski definition) is 1. The van der Waals surface area contributed by atoms with E-state index < -0.39 is 0 Å². The highest BCUT2D eigenvalue weighted by Gasteiger charge is 2.22. The molecule has 84 valence electrons. The van der Waals surface area contributed by atoms with Crippen LogP contribution >= 0.6 is 38.9 Å². The van der Waals surface area contributed by atoms with Crippen molar-refractivity contribution in [1.82, 2.24) is 5.32 Å². The lowest BCUT2D eigenvalue weighted by Gasteiger charge is -2.09. The average molecular weight is 309 g/mol. The number of thiophene rings is 1. The topological polar surface area (TPSA) is 12.0 Å². The fourth-order valence-electron chi connectivity index (χ4n) is 2.05. The Kier molecular flexibility index (Phi) is 4.50. The third-order valence-electron chi connectivity index (χ3n) is 2.84. The smallest absolute Gasteiger partial charge is 0.0701 e. The summed E-state index contributed by atoms with van der Waals surface area (Å²) in [4.78, 5) is 1.39. The number of alkyl halides is 1. The van der Waals surface area contributed by atoms with Gasteiger partial charge in [-0.15, -0.1) is 22.9 Å².